The number of hydrogen-bond acceptors (Lipinski definition) is 10. The van der Waals surface area contributed by atoms with E-state index in [1.807, 2.05) is 72.8 Å². The van der Waals surface area contributed by atoms with Crippen LogP contribution in [0, 0.1) is 11.8 Å². The Morgan fingerprint density at radius 2 is 1.08 bits per heavy atom. The molecule has 366 valence electrons. The van der Waals surface area contributed by atoms with E-state index < -0.39 is 60.1 Å². The monoisotopic (exact) mass is 957 g/mol. The van der Waals surface area contributed by atoms with Crippen LogP contribution in [0.25, 0.3) is 11.1 Å². The highest BCUT2D eigenvalue weighted by Gasteiger charge is 2.33. The molecule has 2 heterocycles. The molecule has 0 saturated carbocycles. The number of hydrogen-bond donors (Lipinski definition) is 4. The van der Waals surface area contributed by atoms with E-state index in [0.29, 0.717) is 39.7 Å². The molecule has 0 fully saturated rings. The molecule has 0 bridgehead atoms. The van der Waals surface area contributed by atoms with Gasteiger partial charge < -0.3 is 40.4 Å². The Bertz CT molecular complexity index is 2820. The first-order chi connectivity index (χ1) is 34.4. The van der Waals surface area contributed by atoms with Crippen molar-refractivity contribution in [3.63, 3.8) is 0 Å². The number of ketones is 2. The zero-order valence-electron chi connectivity index (χ0n) is 39.9. The number of carbonyl (C=O) groups excluding carboxylic acids is 4. The summed E-state index contributed by atoms with van der Waals surface area (Å²) in [5.74, 6) is -3.09. The van der Waals surface area contributed by atoms with Crippen LogP contribution in [-0.2, 0) is 38.4 Å². The van der Waals surface area contributed by atoms with Gasteiger partial charge in [0.05, 0.1) is 6.04 Å². The second-order valence-electron chi connectivity index (χ2n) is 18.2. The number of fused-ring (bicyclic) bond motifs is 2. The van der Waals surface area contributed by atoms with Crippen molar-refractivity contribution in [1.82, 2.24) is 10.6 Å². The van der Waals surface area contributed by atoms with Crippen LogP contribution in [0.15, 0.2) is 146 Å². The lowest BCUT2D eigenvalue weighted by molar-refractivity contribution is -0.142. The molecule has 6 aromatic carbocycles. The molecule has 13 nitrogen and oxygen atoms in total. The minimum atomic E-state index is -1.33. The minimum Gasteiger partial charge on any atom is -0.480 e. The molecule has 6 atom stereocenters. The maximum Gasteiger partial charge on any atom is 0.326 e. The van der Waals surface area contributed by atoms with Gasteiger partial charge in [-0.05, 0) is 84.3 Å². The summed E-state index contributed by atoms with van der Waals surface area (Å²) in [5, 5.41) is 15.7. The molecule has 8 rings (SSSR count). The Balaban J connectivity index is 0.943. The molecule has 13 heteroatoms. The van der Waals surface area contributed by atoms with Crippen LogP contribution in [-0.4, -0.2) is 53.1 Å². The zero-order chi connectivity index (χ0) is 49.9. The van der Waals surface area contributed by atoms with Crippen molar-refractivity contribution < 1.29 is 48.0 Å². The van der Waals surface area contributed by atoms with Crippen LogP contribution in [0.5, 0.6) is 23.0 Å². The number of aliphatic carboxylic acids is 1. The number of Topliss-reactive ketones (excluding diaryl/α,β-unsaturated/α-hetero) is 2. The molecule has 2 aliphatic rings. The molecule has 0 saturated heterocycles. The number of aryl methyl sites for hydroxylation is 1. The van der Waals surface area contributed by atoms with E-state index in [2.05, 4.69) is 41.8 Å². The first kappa shape index (κ1) is 49.6. The van der Waals surface area contributed by atoms with Gasteiger partial charge in [0.15, 0.2) is 34.6 Å². The van der Waals surface area contributed by atoms with Gasteiger partial charge in [-0.1, -0.05) is 142 Å². The maximum atomic E-state index is 14.4. The van der Waals surface area contributed by atoms with Gasteiger partial charge in [-0.25, -0.2) is 4.79 Å². The summed E-state index contributed by atoms with van der Waals surface area (Å²) in [4.78, 5) is 68.6. The fourth-order valence-electron chi connectivity index (χ4n) is 8.76. The third-order valence-corrected chi connectivity index (χ3v) is 12.9. The number of ether oxygens (including phenoxy) is 4. The molecule has 2 amide bonds. The highest BCUT2D eigenvalue weighted by atomic mass is 16.7. The van der Waals surface area contributed by atoms with Crippen molar-refractivity contribution in [2.24, 2.45) is 17.6 Å². The SMILES string of the molecule is CCCCc1ccc(-c2ccc(C(=O)C[C@@H](CCN)C(=O)N[C@@H](Cc3ccc4c(c3)OC(c3ccccc3)O4)C(=O)C[C@@H](C)C(=O)N[C@@H](Cc3ccc4c(c3)OC(c3ccccc3)O4)C(=O)O)cc2)cc1. The quantitative estimate of drug-likeness (QED) is 0.0448. The van der Waals surface area contributed by atoms with E-state index in [-0.39, 0.29) is 44.4 Å². The summed E-state index contributed by atoms with van der Waals surface area (Å²) < 4.78 is 24.1. The molecule has 0 spiro atoms. The number of carboxylic acid groups (broad SMARTS) is 1. The van der Waals surface area contributed by atoms with Crippen LogP contribution >= 0.6 is 0 Å². The van der Waals surface area contributed by atoms with E-state index in [0.717, 1.165) is 41.5 Å². The largest absolute Gasteiger partial charge is 0.480 e. The third-order valence-electron chi connectivity index (χ3n) is 12.9. The number of carboxylic acids is 1. The smallest absolute Gasteiger partial charge is 0.326 e. The summed E-state index contributed by atoms with van der Waals surface area (Å²) in [7, 11) is 0. The van der Waals surface area contributed by atoms with Crippen molar-refractivity contribution >= 4 is 29.4 Å². The van der Waals surface area contributed by atoms with Crippen molar-refractivity contribution in [2.45, 2.75) is 89.9 Å². The number of rotatable bonds is 23. The highest BCUT2D eigenvalue weighted by Crippen LogP contribution is 2.42. The van der Waals surface area contributed by atoms with E-state index in [4.69, 9.17) is 24.7 Å². The first-order valence-corrected chi connectivity index (χ1v) is 24.3. The average molecular weight is 958 g/mol. The van der Waals surface area contributed by atoms with E-state index in [1.54, 1.807) is 48.5 Å². The topological polar surface area (TPSA) is 193 Å². The standard InChI is InChI=1S/C58H59N3O10/c1-3-4-11-37-16-20-40(21-17-37)41-22-24-42(25-23-41)48(62)35-45(28-29-59)55(65)60-46(31-38-18-26-50-52(33-38)70-57(68-50)43-12-7-5-8-13-43)49(63)30-36(2)54(64)61-47(56(66)67)32-39-19-27-51-53(34-39)71-58(69-51)44-14-9-6-10-15-44/h5-10,12-27,33-34,36,45-47,57-58H,3-4,11,28-32,35,59H2,1-2H3,(H,60,65)(H,61,64)(H,66,67)/t36-,45-,46+,47+,57?,58?/m1/s1. The summed E-state index contributed by atoms with van der Waals surface area (Å²) in [6.07, 6.45) is 1.61. The predicted molar refractivity (Wildman–Crippen MR) is 268 cm³/mol. The lowest BCUT2D eigenvalue weighted by atomic mass is 9.91. The fraction of sp³-hybridized carbons (Fsp3) is 0.293. The van der Waals surface area contributed by atoms with Crippen LogP contribution in [0.4, 0.5) is 0 Å². The highest BCUT2D eigenvalue weighted by molar-refractivity contribution is 6.00. The van der Waals surface area contributed by atoms with Crippen molar-refractivity contribution in [3.05, 3.63) is 179 Å². The second kappa shape index (κ2) is 23.2. The Kier molecular flexibility index (Phi) is 16.2. The number of amides is 2. The summed E-state index contributed by atoms with van der Waals surface area (Å²) in [6, 6.07) is 42.4. The predicted octanol–water partition coefficient (Wildman–Crippen LogP) is 9.31. The molecular weight excluding hydrogens is 899 g/mol. The number of nitrogens with two attached hydrogens (primary N) is 1. The lowest BCUT2D eigenvalue weighted by Crippen LogP contribution is -2.48. The van der Waals surface area contributed by atoms with E-state index in [9.17, 15) is 29.1 Å². The van der Waals surface area contributed by atoms with Gasteiger partial charge in [0, 0.05) is 47.8 Å². The number of nitrogens with one attached hydrogen (secondary N) is 2. The Labute approximate surface area is 413 Å². The van der Waals surface area contributed by atoms with Crippen LogP contribution in [0.3, 0.4) is 0 Å². The lowest BCUT2D eigenvalue weighted by Gasteiger charge is -2.24. The number of benzene rings is 6. The second-order valence-corrected chi connectivity index (χ2v) is 18.2. The van der Waals surface area contributed by atoms with Gasteiger partial charge >= 0.3 is 5.97 Å². The number of unbranched alkanes of at least 4 members (excludes halogenated alkanes) is 1. The fourth-order valence-corrected chi connectivity index (χ4v) is 8.76. The van der Waals surface area contributed by atoms with Crippen molar-refractivity contribution in [2.75, 3.05) is 6.54 Å². The molecule has 6 aromatic rings. The Morgan fingerprint density at radius 1 is 0.592 bits per heavy atom. The van der Waals surface area contributed by atoms with Crippen molar-refractivity contribution in [3.8, 4) is 34.1 Å². The van der Waals surface area contributed by atoms with Crippen LogP contribution in [0.2, 0.25) is 0 Å². The molecule has 2 aliphatic heterocycles. The van der Waals surface area contributed by atoms with Crippen LogP contribution < -0.4 is 35.3 Å². The van der Waals surface area contributed by atoms with Gasteiger partial charge in [0.1, 0.15) is 6.04 Å². The molecular formula is C58H59N3O10. The molecule has 0 aliphatic carbocycles. The molecule has 71 heavy (non-hydrogen) atoms. The molecule has 0 radical (unpaired) electrons. The van der Waals surface area contributed by atoms with Gasteiger partial charge in [-0.2, -0.15) is 0 Å². The first-order valence-electron chi connectivity index (χ1n) is 24.3. The van der Waals surface area contributed by atoms with E-state index >= 15 is 0 Å². The Hall–Kier alpha value is -7.77. The summed E-state index contributed by atoms with van der Waals surface area (Å²) in [6.45, 7) is 3.82. The molecule has 2 unspecified atom stereocenters. The normalized spacial score (nSPS) is 16.0. The van der Waals surface area contributed by atoms with Gasteiger partial charge in [-0.15, -0.1) is 0 Å². The van der Waals surface area contributed by atoms with Gasteiger partial charge in [0.25, 0.3) is 12.6 Å². The number of carbonyl (C=O) groups is 5. The minimum absolute atomic E-state index is 0.0168. The zero-order valence-corrected chi connectivity index (χ0v) is 39.9. The third kappa shape index (κ3) is 12.7. The Morgan fingerprint density at radius 3 is 1.61 bits per heavy atom. The maximum absolute atomic E-state index is 14.4. The average Bonchev–Trinajstić information content (AvgIpc) is 4.02. The van der Waals surface area contributed by atoms with E-state index in [1.165, 1.54) is 12.5 Å². The van der Waals surface area contributed by atoms with Crippen LogP contribution in [0.1, 0.15) is 96.7 Å². The van der Waals surface area contributed by atoms with Gasteiger partial charge in [-0.3, -0.25) is 19.2 Å². The summed E-state index contributed by atoms with van der Waals surface area (Å²) >= 11 is 0. The molecule has 0 aromatic heterocycles. The summed E-state index contributed by atoms with van der Waals surface area (Å²) in [5.41, 5.74) is 12.6. The molecule has 5 N–H and O–H groups in total. The van der Waals surface area contributed by atoms with Gasteiger partial charge in [0.2, 0.25) is 11.8 Å². The van der Waals surface area contributed by atoms with Crippen molar-refractivity contribution in [1.29, 1.82) is 0 Å².